The molecule has 2 aliphatic rings. The van der Waals surface area contributed by atoms with E-state index in [-0.39, 0.29) is 46.9 Å². The van der Waals surface area contributed by atoms with Gasteiger partial charge in [0.15, 0.2) is 10.8 Å². The highest BCUT2D eigenvalue weighted by Gasteiger charge is 2.59. The van der Waals surface area contributed by atoms with Gasteiger partial charge in [0.1, 0.15) is 17.1 Å². The molecule has 4 rings (SSSR count). The first-order valence-corrected chi connectivity index (χ1v) is 11.0. The van der Waals surface area contributed by atoms with Crippen LogP contribution in [0.1, 0.15) is 31.2 Å². The minimum atomic E-state index is -0.836. The van der Waals surface area contributed by atoms with E-state index in [1.165, 1.54) is 24.0 Å². The zero-order valence-corrected chi connectivity index (χ0v) is 19.2. The number of benzene rings is 2. The van der Waals surface area contributed by atoms with Gasteiger partial charge in [-0.2, -0.15) is 0 Å². The number of amides is 2. The molecular weight excluding hydrogens is 443 g/mol. The lowest BCUT2D eigenvalue weighted by molar-refractivity contribution is -0.124. The second kappa shape index (κ2) is 8.79. The fourth-order valence-corrected chi connectivity index (χ4v) is 4.69. The highest BCUT2D eigenvalue weighted by Crippen LogP contribution is 2.48. The van der Waals surface area contributed by atoms with Gasteiger partial charge < -0.3 is 15.0 Å². The average molecular weight is 467 g/mol. The third-order valence-electron chi connectivity index (χ3n) is 6.26. The summed E-state index contributed by atoms with van der Waals surface area (Å²) in [4.78, 5) is 31.3. The molecule has 2 fully saturated rings. The first-order chi connectivity index (χ1) is 15.8. The number of hydrogen-bond acceptors (Lipinski definition) is 4. The smallest absolute Gasteiger partial charge is 0.259 e. The van der Waals surface area contributed by atoms with Crippen molar-refractivity contribution < 1.29 is 18.7 Å². The number of carbonyl (C=O) groups excluding carboxylic acids is 2. The highest BCUT2D eigenvalue weighted by molar-refractivity contribution is 7.81. The van der Waals surface area contributed by atoms with Gasteiger partial charge in [-0.05, 0) is 74.3 Å². The molecular formula is C24H23FN4O3S. The summed E-state index contributed by atoms with van der Waals surface area (Å²) < 4.78 is 20.8. The number of rotatable bonds is 6. The zero-order valence-electron chi connectivity index (χ0n) is 18.4. The van der Waals surface area contributed by atoms with Crippen LogP contribution in [0.5, 0.6) is 5.75 Å². The van der Waals surface area contributed by atoms with Gasteiger partial charge in [0.2, 0.25) is 5.91 Å². The molecule has 33 heavy (non-hydrogen) atoms. The van der Waals surface area contributed by atoms with Gasteiger partial charge in [-0.15, -0.1) is 0 Å². The molecule has 2 aromatic rings. The predicted molar refractivity (Wildman–Crippen MR) is 127 cm³/mol. The van der Waals surface area contributed by atoms with Gasteiger partial charge >= 0.3 is 0 Å². The summed E-state index contributed by atoms with van der Waals surface area (Å²) in [6.07, 6.45) is 2.36. The second-order valence-electron chi connectivity index (χ2n) is 8.06. The Morgan fingerprint density at radius 3 is 2.55 bits per heavy atom. The SMILES string of the molecule is [C-]#[N+]c1ccc(N2C(=O)C3(CCC3)N(c3ccc(OCCC(=O)NC)cc3)C2=S)c(F)c1C. The molecule has 0 unspecified atom stereocenters. The van der Waals surface area contributed by atoms with Crippen LogP contribution in [-0.4, -0.2) is 36.1 Å². The maximum atomic E-state index is 15.1. The third-order valence-corrected chi connectivity index (χ3v) is 6.63. The van der Waals surface area contributed by atoms with Crippen molar-refractivity contribution in [3.63, 3.8) is 0 Å². The maximum Gasteiger partial charge on any atom is 0.259 e. The van der Waals surface area contributed by atoms with Crippen LogP contribution in [0, 0.1) is 19.3 Å². The molecule has 1 saturated carbocycles. The van der Waals surface area contributed by atoms with Crippen molar-refractivity contribution in [1.82, 2.24) is 5.32 Å². The Labute approximate surface area is 196 Å². The molecule has 0 aromatic heterocycles. The normalized spacial score (nSPS) is 16.5. The lowest BCUT2D eigenvalue weighted by atomic mass is 9.75. The standard InChI is InChI=1S/C24H23FN4O3S/c1-15-18(26-2)9-10-19(21(15)25)28-22(31)24(12-4-13-24)29(23(28)33)16-5-7-17(8-6-16)32-14-11-20(30)27-3/h5-10H,4,11-14H2,1,3H3,(H,27,30). The van der Waals surface area contributed by atoms with Crippen molar-refractivity contribution in [3.8, 4) is 5.75 Å². The molecule has 1 heterocycles. The quantitative estimate of drug-likeness (QED) is 0.509. The topological polar surface area (TPSA) is 66.2 Å². The number of halogens is 1. The van der Waals surface area contributed by atoms with Crippen molar-refractivity contribution in [3.05, 3.63) is 59.2 Å². The lowest BCUT2D eigenvalue weighted by Gasteiger charge is -2.43. The number of nitrogens with one attached hydrogen (secondary N) is 1. The number of nitrogens with zero attached hydrogens (tertiary/aromatic N) is 3. The third kappa shape index (κ3) is 3.70. The zero-order chi connectivity index (χ0) is 23.8. The molecule has 0 radical (unpaired) electrons. The van der Waals surface area contributed by atoms with Gasteiger partial charge in [-0.1, -0.05) is 6.07 Å². The minimum Gasteiger partial charge on any atom is -0.493 e. The molecule has 1 aliphatic carbocycles. The Hall–Kier alpha value is -3.51. The van der Waals surface area contributed by atoms with E-state index in [1.807, 2.05) is 12.1 Å². The van der Waals surface area contributed by atoms with E-state index in [1.54, 1.807) is 24.1 Å². The van der Waals surface area contributed by atoms with E-state index in [0.29, 0.717) is 24.3 Å². The summed E-state index contributed by atoms with van der Waals surface area (Å²) in [5.74, 6) is -0.379. The molecule has 1 spiro atoms. The number of thiocarbonyl (C=S) groups is 1. The van der Waals surface area contributed by atoms with Gasteiger partial charge in [-0.25, -0.2) is 9.24 Å². The predicted octanol–water partition coefficient (Wildman–Crippen LogP) is 4.26. The van der Waals surface area contributed by atoms with Crippen LogP contribution >= 0.6 is 12.2 Å². The summed E-state index contributed by atoms with van der Waals surface area (Å²) in [6, 6.07) is 10.1. The van der Waals surface area contributed by atoms with Crippen molar-refractivity contribution in [2.24, 2.45) is 0 Å². The Balaban J connectivity index is 1.63. The van der Waals surface area contributed by atoms with E-state index in [9.17, 15) is 9.59 Å². The molecule has 2 aromatic carbocycles. The molecule has 170 valence electrons. The van der Waals surface area contributed by atoms with E-state index in [2.05, 4.69) is 10.2 Å². The summed E-state index contributed by atoms with van der Waals surface area (Å²) in [5, 5.41) is 2.75. The number of ether oxygens (including phenoxy) is 1. The molecule has 2 amide bonds. The largest absolute Gasteiger partial charge is 0.493 e. The Kier molecular flexibility index (Phi) is 6.04. The van der Waals surface area contributed by atoms with Gasteiger partial charge in [-0.3, -0.25) is 14.5 Å². The lowest BCUT2D eigenvalue weighted by Crippen LogP contribution is -2.55. The van der Waals surface area contributed by atoms with Crippen LogP contribution in [-0.2, 0) is 9.59 Å². The van der Waals surface area contributed by atoms with Crippen molar-refractivity contribution >= 4 is 46.2 Å². The molecule has 1 aliphatic heterocycles. The molecule has 0 bridgehead atoms. The first-order valence-electron chi connectivity index (χ1n) is 10.6. The van der Waals surface area contributed by atoms with E-state index in [4.69, 9.17) is 23.5 Å². The average Bonchev–Trinajstić information content (AvgIpc) is 3.03. The van der Waals surface area contributed by atoms with Crippen LogP contribution in [0.3, 0.4) is 0 Å². The van der Waals surface area contributed by atoms with Gasteiger partial charge in [0, 0.05) is 12.7 Å². The summed E-state index contributed by atoms with van der Waals surface area (Å²) in [7, 11) is 1.57. The number of carbonyl (C=O) groups is 2. The Bertz CT molecular complexity index is 1170. The van der Waals surface area contributed by atoms with E-state index >= 15 is 4.39 Å². The molecule has 9 heteroatoms. The monoisotopic (exact) mass is 466 g/mol. The molecule has 1 saturated heterocycles. The highest BCUT2D eigenvalue weighted by atomic mass is 32.1. The fraction of sp³-hybridized carbons (Fsp3) is 0.333. The molecule has 0 atom stereocenters. The fourth-order valence-electron chi connectivity index (χ4n) is 4.23. The van der Waals surface area contributed by atoms with Crippen LogP contribution in [0.2, 0.25) is 0 Å². The van der Waals surface area contributed by atoms with Crippen LogP contribution in [0.25, 0.3) is 4.85 Å². The van der Waals surface area contributed by atoms with Crippen LogP contribution in [0.4, 0.5) is 21.5 Å². The summed E-state index contributed by atoms with van der Waals surface area (Å²) >= 11 is 5.69. The maximum absolute atomic E-state index is 15.1. The number of hydrogen-bond donors (Lipinski definition) is 1. The van der Waals surface area contributed by atoms with Gasteiger partial charge in [0.25, 0.3) is 5.91 Å². The Morgan fingerprint density at radius 1 is 1.27 bits per heavy atom. The van der Waals surface area contributed by atoms with Crippen molar-refractivity contribution in [2.45, 2.75) is 38.1 Å². The number of anilines is 2. The second-order valence-corrected chi connectivity index (χ2v) is 8.43. The first kappa shape index (κ1) is 22.7. The van der Waals surface area contributed by atoms with Crippen molar-refractivity contribution in [1.29, 1.82) is 0 Å². The molecule has 7 nitrogen and oxygen atoms in total. The molecule has 1 N–H and O–H groups in total. The van der Waals surface area contributed by atoms with E-state index in [0.717, 1.165) is 6.42 Å². The van der Waals surface area contributed by atoms with E-state index < -0.39 is 11.4 Å². The minimum absolute atomic E-state index is 0.0674. The van der Waals surface area contributed by atoms with Crippen molar-refractivity contribution in [2.75, 3.05) is 23.5 Å². The van der Waals surface area contributed by atoms with Crippen LogP contribution < -0.4 is 19.9 Å². The summed E-state index contributed by atoms with van der Waals surface area (Å²) in [5.41, 5.74) is 0.341. The Morgan fingerprint density at radius 2 is 1.97 bits per heavy atom. The summed E-state index contributed by atoms with van der Waals surface area (Å²) in [6.45, 7) is 8.96. The van der Waals surface area contributed by atoms with Crippen LogP contribution in [0.15, 0.2) is 36.4 Å². The van der Waals surface area contributed by atoms with Gasteiger partial charge in [0.05, 0.1) is 25.3 Å².